The van der Waals surface area contributed by atoms with Gasteiger partial charge < -0.3 is 35.1 Å². The van der Waals surface area contributed by atoms with Crippen LogP contribution in [0.15, 0.2) is 30.6 Å². The molecule has 0 aromatic carbocycles. The van der Waals surface area contributed by atoms with Gasteiger partial charge >= 0.3 is 7.82 Å². The lowest BCUT2D eigenvalue weighted by molar-refractivity contribution is -0.107. The van der Waals surface area contributed by atoms with E-state index in [0.29, 0.717) is 12.1 Å². The van der Waals surface area contributed by atoms with Crippen LogP contribution in [-0.4, -0.2) is 89.7 Å². The number of phosphoric acid groups is 1. The standard InChI is InChI=1S/C38H55N8O9P/c1-2-3-4-5-6-7-8-9-10-11-12-13-14-15-16-17-22-51-24-29(25-52-32-21-18-28(23-39)44-45-32)54-56(49,50)55-34-33-38(34,48)36(47)37(26-40,53-33)31-20-19-30-35(41)42-27-43-46(30)31/h18-21,27,29,33-34,36,47-48H,2-17,22,24-25H2,1H3,(H,49,50)(H2,41,42,43)/t29-,33-,34?,36+,37+,38+/m1/s1. The van der Waals surface area contributed by atoms with E-state index < -0.39 is 43.4 Å². The van der Waals surface area contributed by atoms with Gasteiger partial charge in [-0.2, -0.15) is 15.6 Å². The average Bonchev–Trinajstić information content (AvgIpc) is 3.43. The molecule has 0 bridgehead atoms. The zero-order chi connectivity index (χ0) is 40.0. The number of nitrogens with two attached hydrogens (primary N) is 1. The quantitative estimate of drug-likeness (QED) is 0.0554. The zero-order valence-corrected chi connectivity index (χ0v) is 33.0. The molecule has 7 atom stereocenters. The van der Waals surface area contributed by atoms with Crippen LogP contribution in [0.1, 0.15) is 121 Å². The Morgan fingerprint density at radius 3 is 2.14 bits per heavy atom. The molecule has 2 fully saturated rings. The van der Waals surface area contributed by atoms with Crippen LogP contribution in [0, 0.1) is 22.7 Å². The monoisotopic (exact) mass is 798 g/mol. The van der Waals surface area contributed by atoms with Gasteiger partial charge in [0.15, 0.2) is 17.1 Å². The molecule has 5 rings (SSSR count). The summed E-state index contributed by atoms with van der Waals surface area (Å²) in [7, 11) is -4.96. The molecule has 1 saturated carbocycles. The van der Waals surface area contributed by atoms with E-state index in [4.69, 9.17) is 34.3 Å². The number of aliphatic hydroxyl groups excluding tert-OH is 1. The maximum Gasteiger partial charge on any atom is 0.473 e. The number of hydrogen-bond donors (Lipinski definition) is 4. The molecular weight excluding hydrogens is 743 g/mol. The fourth-order valence-corrected chi connectivity index (χ4v) is 8.29. The molecule has 0 radical (unpaired) electrons. The fourth-order valence-electron chi connectivity index (χ4n) is 7.18. The molecule has 306 valence electrons. The summed E-state index contributed by atoms with van der Waals surface area (Å²) >= 11 is 0. The first-order valence-electron chi connectivity index (χ1n) is 19.8. The van der Waals surface area contributed by atoms with Crippen molar-refractivity contribution in [1.82, 2.24) is 24.8 Å². The van der Waals surface area contributed by atoms with E-state index in [1.807, 2.05) is 12.1 Å². The minimum absolute atomic E-state index is 0.0458. The number of phosphoric ester groups is 1. The molecule has 1 aliphatic heterocycles. The summed E-state index contributed by atoms with van der Waals surface area (Å²) in [4.78, 5) is 14.7. The van der Waals surface area contributed by atoms with E-state index in [9.17, 15) is 24.9 Å². The molecule has 56 heavy (non-hydrogen) atoms. The van der Waals surface area contributed by atoms with E-state index in [1.54, 1.807) is 0 Å². The molecule has 0 amide bonds. The van der Waals surface area contributed by atoms with Crippen molar-refractivity contribution in [2.45, 2.75) is 145 Å². The highest BCUT2D eigenvalue weighted by Gasteiger charge is 2.83. The number of ether oxygens (including phenoxy) is 3. The van der Waals surface area contributed by atoms with Gasteiger partial charge in [0.25, 0.3) is 0 Å². The minimum Gasteiger partial charge on any atom is -0.474 e. The van der Waals surface area contributed by atoms with E-state index in [1.165, 1.54) is 112 Å². The second-order valence-corrected chi connectivity index (χ2v) is 16.0. The lowest BCUT2D eigenvalue weighted by Crippen LogP contribution is -2.47. The molecule has 1 aliphatic carbocycles. The Balaban J connectivity index is 1.05. The van der Waals surface area contributed by atoms with E-state index in [2.05, 4.69) is 27.2 Å². The highest BCUT2D eigenvalue weighted by atomic mass is 31.2. The molecule has 2 unspecified atom stereocenters. The van der Waals surface area contributed by atoms with Crippen LogP contribution in [0.3, 0.4) is 0 Å². The highest BCUT2D eigenvalue weighted by Crippen LogP contribution is 2.63. The van der Waals surface area contributed by atoms with Crippen molar-refractivity contribution >= 4 is 19.2 Å². The number of nitriles is 2. The number of fused-ring (bicyclic) bond motifs is 2. The van der Waals surface area contributed by atoms with E-state index in [0.717, 1.165) is 25.6 Å². The number of aromatic nitrogens is 5. The number of nitrogen functional groups attached to an aromatic ring is 1. The summed E-state index contributed by atoms with van der Waals surface area (Å²) in [5.74, 6) is 0.165. The summed E-state index contributed by atoms with van der Waals surface area (Å²) < 4.78 is 42.6. The van der Waals surface area contributed by atoms with Crippen LogP contribution < -0.4 is 10.5 Å². The molecule has 18 heteroatoms. The molecule has 3 aromatic rings. The fraction of sp³-hybridized carbons (Fsp3) is 0.684. The van der Waals surface area contributed by atoms with Gasteiger partial charge in [0.1, 0.15) is 55.0 Å². The third-order valence-corrected chi connectivity index (χ3v) is 11.4. The first-order valence-corrected chi connectivity index (χ1v) is 21.3. The van der Waals surface area contributed by atoms with Crippen LogP contribution in [0.5, 0.6) is 5.88 Å². The van der Waals surface area contributed by atoms with Crippen LogP contribution in [0.4, 0.5) is 5.82 Å². The Bertz CT molecular complexity index is 1820. The van der Waals surface area contributed by atoms with Gasteiger partial charge in [-0.05, 0) is 24.6 Å². The van der Waals surface area contributed by atoms with E-state index in [-0.39, 0.29) is 36.3 Å². The second kappa shape index (κ2) is 20.6. The zero-order valence-electron chi connectivity index (χ0n) is 32.1. The average molecular weight is 799 g/mol. The maximum atomic E-state index is 13.3. The number of nitrogens with zero attached hydrogens (tertiary/aromatic N) is 7. The van der Waals surface area contributed by atoms with Gasteiger partial charge in [-0.3, -0.25) is 9.05 Å². The number of aliphatic hydroxyl groups is 2. The smallest absolute Gasteiger partial charge is 0.473 e. The van der Waals surface area contributed by atoms with Crippen LogP contribution in [0.2, 0.25) is 0 Å². The van der Waals surface area contributed by atoms with E-state index >= 15 is 0 Å². The summed E-state index contributed by atoms with van der Waals surface area (Å²) in [5, 5.41) is 53.4. The van der Waals surface area contributed by atoms with Crippen molar-refractivity contribution in [3.63, 3.8) is 0 Å². The molecule has 5 N–H and O–H groups in total. The first-order chi connectivity index (χ1) is 27.1. The highest BCUT2D eigenvalue weighted by molar-refractivity contribution is 7.47. The Hall–Kier alpha value is -3.77. The lowest BCUT2D eigenvalue weighted by atomic mass is 9.90. The first kappa shape index (κ1) is 43.4. The molecule has 4 heterocycles. The Labute approximate surface area is 327 Å². The van der Waals surface area contributed by atoms with Gasteiger partial charge in [0.2, 0.25) is 11.5 Å². The normalized spacial score (nSPS) is 24.3. The predicted octanol–water partition coefficient (Wildman–Crippen LogP) is 5.42. The molecular formula is C38H55N8O9P. The molecule has 0 spiro atoms. The minimum atomic E-state index is -4.96. The molecule has 17 nitrogen and oxygen atoms in total. The third-order valence-electron chi connectivity index (χ3n) is 10.4. The predicted molar refractivity (Wildman–Crippen MR) is 203 cm³/mol. The number of hydrogen-bond acceptors (Lipinski definition) is 15. The number of rotatable bonds is 27. The van der Waals surface area contributed by atoms with Crippen molar-refractivity contribution < 1.29 is 42.9 Å². The van der Waals surface area contributed by atoms with Gasteiger partial charge in [0, 0.05) is 12.7 Å². The topological polar surface area (TPSA) is 253 Å². The maximum absolute atomic E-state index is 13.3. The SMILES string of the molecule is CCCCCCCCCCCCCCCCCCOC[C@H](COc1ccc(C#N)nn1)OP(=O)(O)OC1[C@H]2O[C@@](C#N)(c3ccc4c(N)ncnn34)[C@H](O)[C@@]12O. The van der Waals surface area contributed by atoms with Gasteiger partial charge in [-0.15, -0.1) is 10.2 Å². The van der Waals surface area contributed by atoms with Crippen molar-refractivity contribution in [3.05, 3.63) is 42.0 Å². The van der Waals surface area contributed by atoms with Crippen molar-refractivity contribution in [2.75, 3.05) is 25.6 Å². The summed E-state index contributed by atoms with van der Waals surface area (Å²) in [6, 6.07) is 9.59. The summed E-state index contributed by atoms with van der Waals surface area (Å²) in [6.07, 6.45) is 15.2. The Morgan fingerprint density at radius 2 is 1.59 bits per heavy atom. The third kappa shape index (κ3) is 10.8. The van der Waals surface area contributed by atoms with Crippen LogP contribution in [-0.2, 0) is 28.7 Å². The van der Waals surface area contributed by atoms with Crippen LogP contribution >= 0.6 is 7.82 Å². The Kier molecular flexibility index (Phi) is 15.9. The van der Waals surface area contributed by atoms with Crippen LogP contribution in [0.25, 0.3) is 5.52 Å². The van der Waals surface area contributed by atoms with Crippen molar-refractivity contribution in [2.24, 2.45) is 0 Å². The summed E-state index contributed by atoms with van der Waals surface area (Å²) in [5.41, 5.74) is 2.08. The largest absolute Gasteiger partial charge is 0.474 e. The second-order valence-electron chi connectivity index (χ2n) is 14.6. The molecule has 2 aliphatic rings. The molecule has 1 saturated heterocycles. The molecule has 3 aromatic heterocycles. The lowest BCUT2D eigenvalue weighted by Gasteiger charge is -2.30. The number of unbranched alkanes of at least 4 members (excludes halogenated alkanes) is 15. The Morgan fingerprint density at radius 1 is 0.946 bits per heavy atom. The van der Waals surface area contributed by atoms with Crippen molar-refractivity contribution in [3.8, 4) is 18.0 Å². The van der Waals surface area contributed by atoms with Gasteiger partial charge in [-0.1, -0.05) is 103 Å². The number of anilines is 1. The van der Waals surface area contributed by atoms with Crippen molar-refractivity contribution in [1.29, 1.82) is 10.5 Å². The van der Waals surface area contributed by atoms with Gasteiger partial charge in [0.05, 0.1) is 12.3 Å². The summed E-state index contributed by atoms with van der Waals surface area (Å²) in [6.45, 7) is 2.20. The van der Waals surface area contributed by atoms with Gasteiger partial charge in [-0.25, -0.2) is 14.1 Å².